The highest BCUT2D eigenvalue weighted by molar-refractivity contribution is 5.99. The summed E-state index contributed by atoms with van der Waals surface area (Å²) in [6.45, 7) is 16.5. The summed E-state index contributed by atoms with van der Waals surface area (Å²) < 4.78 is 0. The van der Waals surface area contributed by atoms with E-state index in [0.717, 1.165) is 22.4 Å². The number of rotatable bonds is 4. The summed E-state index contributed by atoms with van der Waals surface area (Å²) >= 11 is 0. The first-order chi connectivity index (χ1) is 11.3. The summed E-state index contributed by atoms with van der Waals surface area (Å²) in [6, 6.07) is 8.01. The number of anilines is 1. The molecule has 0 N–H and O–H groups in total. The van der Waals surface area contributed by atoms with Gasteiger partial charge in [0.15, 0.2) is 0 Å². The average Bonchev–Trinajstić information content (AvgIpc) is 2.55. The SMILES string of the molecule is C=CC1=C(\C=C)CN(C(=O)C(C)(C)C(C)C)c2ccccc2/C=C\1. The van der Waals surface area contributed by atoms with Crippen LogP contribution < -0.4 is 4.90 Å². The highest BCUT2D eigenvalue weighted by Gasteiger charge is 2.36. The van der Waals surface area contributed by atoms with E-state index in [2.05, 4.69) is 27.0 Å². The van der Waals surface area contributed by atoms with Crippen molar-refractivity contribution < 1.29 is 4.79 Å². The zero-order valence-electron chi connectivity index (χ0n) is 15.2. The van der Waals surface area contributed by atoms with E-state index in [4.69, 9.17) is 0 Å². The molecule has 1 amide bonds. The molecule has 0 spiro atoms. The molecule has 1 aromatic rings. The number of nitrogens with zero attached hydrogens (tertiary/aromatic N) is 1. The largest absolute Gasteiger partial charge is 0.307 e. The van der Waals surface area contributed by atoms with E-state index >= 15 is 0 Å². The Hall–Kier alpha value is -2.35. The number of hydrogen-bond donors (Lipinski definition) is 0. The molecule has 2 rings (SSSR count). The molecule has 0 aliphatic carbocycles. The van der Waals surface area contributed by atoms with Crippen molar-refractivity contribution in [1.29, 1.82) is 0 Å². The van der Waals surface area contributed by atoms with Gasteiger partial charge in [-0.3, -0.25) is 4.79 Å². The van der Waals surface area contributed by atoms with Crippen molar-refractivity contribution in [3.05, 3.63) is 72.4 Å². The van der Waals surface area contributed by atoms with Gasteiger partial charge < -0.3 is 4.90 Å². The molecule has 126 valence electrons. The second-order valence-corrected chi connectivity index (χ2v) is 7.05. The van der Waals surface area contributed by atoms with Crippen LogP contribution >= 0.6 is 0 Å². The first-order valence-electron chi connectivity index (χ1n) is 8.40. The Bertz CT molecular complexity index is 719. The van der Waals surface area contributed by atoms with Gasteiger partial charge in [0, 0.05) is 5.41 Å². The van der Waals surface area contributed by atoms with Crippen molar-refractivity contribution in [2.45, 2.75) is 27.7 Å². The first-order valence-corrected chi connectivity index (χ1v) is 8.40. The molecule has 2 nitrogen and oxygen atoms in total. The van der Waals surface area contributed by atoms with E-state index in [-0.39, 0.29) is 11.8 Å². The second-order valence-electron chi connectivity index (χ2n) is 7.05. The molecule has 2 heteroatoms. The minimum absolute atomic E-state index is 0.128. The van der Waals surface area contributed by atoms with Crippen LogP contribution in [0.3, 0.4) is 0 Å². The van der Waals surface area contributed by atoms with Gasteiger partial charge in [-0.05, 0) is 28.7 Å². The van der Waals surface area contributed by atoms with Gasteiger partial charge in [-0.2, -0.15) is 0 Å². The van der Waals surface area contributed by atoms with Crippen molar-refractivity contribution in [2.24, 2.45) is 11.3 Å². The van der Waals surface area contributed by atoms with E-state index in [1.54, 1.807) is 0 Å². The minimum atomic E-state index is -0.448. The van der Waals surface area contributed by atoms with Gasteiger partial charge >= 0.3 is 0 Å². The van der Waals surface area contributed by atoms with Crippen LogP contribution in [-0.4, -0.2) is 12.5 Å². The zero-order valence-corrected chi connectivity index (χ0v) is 15.2. The van der Waals surface area contributed by atoms with Crippen molar-refractivity contribution in [1.82, 2.24) is 0 Å². The van der Waals surface area contributed by atoms with E-state index in [9.17, 15) is 4.79 Å². The first kappa shape index (κ1) is 18.0. The van der Waals surface area contributed by atoms with Crippen LogP contribution in [0.4, 0.5) is 5.69 Å². The summed E-state index contributed by atoms with van der Waals surface area (Å²) in [6.07, 6.45) is 7.71. The number of benzene rings is 1. The van der Waals surface area contributed by atoms with Gasteiger partial charge in [0.1, 0.15) is 0 Å². The third-order valence-corrected chi connectivity index (χ3v) is 5.08. The Kier molecular flexibility index (Phi) is 5.28. The van der Waals surface area contributed by atoms with Crippen LogP contribution in [0.1, 0.15) is 33.3 Å². The maximum atomic E-state index is 13.4. The number of carbonyl (C=O) groups excluding carboxylic acids is 1. The van der Waals surface area contributed by atoms with Gasteiger partial charge in [0.2, 0.25) is 5.91 Å². The third-order valence-electron chi connectivity index (χ3n) is 5.08. The molecule has 1 heterocycles. The number of carbonyl (C=O) groups is 1. The summed E-state index contributed by atoms with van der Waals surface area (Å²) in [4.78, 5) is 15.3. The van der Waals surface area contributed by atoms with Gasteiger partial charge in [-0.1, -0.05) is 83.4 Å². The summed E-state index contributed by atoms with van der Waals surface area (Å²) in [7, 11) is 0. The van der Waals surface area contributed by atoms with Crippen molar-refractivity contribution in [3.63, 3.8) is 0 Å². The lowest BCUT2D eigenvalue weighted by atomic mass is 9.79. The Morgan fingerprint density at radius 1 is 1.17 bits per heavy atom. The fourth-order valence-corrected chi connectivity index (χ4v) is 2.67. The highest BCUT2D eigenvalue weighted by atomic mass is 16.2. The summed E-state index contributed by atoms with van der Waals surface area (Å²) in [5.74, 6) is 0.371. The Morgan fingerprint density at radius 2 is 1.83 bits per heavy atom. The Balaban J connectivity index is 2.63. The second kappa shape index (κ2) is 7.04. The number of hydrogen-bond acceptors (Lipinski definition) is 1. The van der Waals surface area contributed by atoms with E-state index in [1.165, 1.54) is 0 Å². The normalized spacial score (nSPS) is 19.3. The topological polar surface area (TPSA) is 20.3 Å². The van der Waals surface area contributed by atoms with E-state index in [0.29, 0.717) is 6.54 Å². The van der Waals surface area contributed by atoms with Crippen molar-refractivity contribution in [3.8, 4) is 0 Å². The lowest BCUT2D eigenvalue weighted by Gasteiger charge is -2.36. The molecular weight excluding hydrogens is 294 g/mol. The number of allylic oxidation sites excluding steroid dienone is 3. The van der Waals surface area contributed by atoms with Crippen LogP contribution in [0.25, 0.3) is 6.08 Å². The van der Waals surface area contributed by atoms with Gasteiger partial charge in [-0.15, -0.1) is 0 Å². The molecule has 0 saturated carbocycles. The van der Waals surface area contributed by atoms with Gasteiger partial charge in [-0.25, -0.2) is 0 Å². The molecule has 0 fully saturated rings. The fourth-order valence-electron chi connectivity index (χ4n) is 2.67. The third kappa shape index (κ3) is 3.28. The maximum Gasteiger partial charge on any atom is 0.233 e. The number of para-hydroxylation sites is 1. The predicted molar refractivity (Wildman–Crippen MR) is 104 cm³/mol. The molecule has 1 aliphatic heterocycles. The van der Waals surface area contributed by atoms with Crippen LogP contribution in [0.2, 0.25) is 0 Å². The van der Waals surface area contributed by atoms with Crippen LogP contribution in [0.5, 0.6) is 0 Å². The molecule has 0 aromatic heterocycles. The minimum Gasteiger partial charge on any atom is -0.307 e. The Morgan fingerprint density at radius 3 is 2.42 bits per heavy atom. The quantitative estimate of drug-likeness (QED) is 0.727. The number of fused-ring (bicyclic) bond motifs is 1. The van der Waals surface area contributed by atoms with Crippen molar-refractivity contribution in [2.75, 3.05) is 11.4 Å². The lowest BCUT2D eigenvalue weighted by Crippen LogP contribution is -2.45. The van der Waals surface area contributed by atoms with E-state index in [1.807, 2.05) is 67.3 Å². The van der Waals surface area contributed by atoms with Gasteiger partial charge in [0.05, 0.1) is 12.2 Å². The summed E-state index contributed by atoms with van der Waals surface area (Å²) in [5, 5.41) is 0. The smallest absolute Gasteiger partial charge is 0.233 e. The monoisotopic (exact) mass is 321 g/mol. The molecular formula is C22H27NO. The summed E-state index contributed by atoms with van der Waals surface area (Å²) in [5.41, 5.74) is 3.53. The fraction of sp³-hybridized carbons (Fsp3) is 0.318. The molecule has 0 unspecified atom stereocenters. The molecule has 24 heavy (non-hydrogen) atoms. The standard InChI is InChI=1S/C22H27NO/c1-7-17-13-14-19-11-9-10-12-20(19)23(15-18(17)8-2)21(24)22(5,6)16(3)4/h7-14,16H,1-2,15H2,3-6H3/b14-13-,18-17-. The molecule has 0 radical (unpaired) electrons. The average molecular weight is 321 g/mol. The van der Waals surface area contributed by atoms with Gasteiger partial charge in [0.25, 0.3) is 0 Å². The lowest BCUT2D eigenvalue weighted by molar-refractivity contribution is -0.128. The van der Waals surface area contributed by atoms with Crippen molar-refractivity contribution >= 4 is 17.7 Å². The number of amides is 1. The predicted octanol–water partition coefficient (Wildman–Crippen LogP) is 5.40. The van der Waals surface area contributed by atoms with Crippen LogP contribution in [0.15, 0.2) is 66.8 Å². The van der Waals surface area contributed by atoms with E-state index < -0.39 is 5.41 Å². The zero-order chi connectivity index (χ0) is 17.9. The molecule has 1 aromatic carbocycles. The van der Waals surface area contributed by atoms with Crippen LogP contribution in [0, 0.1) is 11.3 Å². The Labute approximate surface area is 145 Å². The highest BCUT2D eigenvalue weighted by Crippen LogP contribution is 2.34. The molecule has 0 atom stereocenters. The van der Waals surface area contributed by atoms with Crippen LogP contribution in [-0.2, 0) is 4.79 Å². The molecule has 1 aliphatic rings. The molecule has 0 bridgehead atoms. The molecule has 0 saturated heterocycles. The maximum absolute atomic E-state index is 13.4.